The fourth-order valence-electron chi connectivity index (χ4n) is 1.82. The molecule has 2 heterocycles. The third kappa shape index (κ3) is 2.90. The molecule has 0 aromatic carbocycles. The smallest absolute Gasteiger partial charge is 0.246 e. The van der Waals surface area contributed by atoms with Crippen molar-refractivity contribution in [1.29, 1.82) is 0 Å². The van der Waals surface area contributed by atoms with Crippen LogP contribution in [0.4, 0.5) is 11.4 Å². The first-order chi connectivity index (χ1) is 8.97. The fourth-order valence-corrected chi connectivity index (χ4v) is 1.82. The molecule has 0 saturated heterocycles. The van der Waals surface area contributed by atoms with Gasteiger partial charge in [-0.2, -0.15) is 5.10 Å². The van der Waals surface area contributed by atoms with Crippen LogP contribution in [0.25, 0.3) is 0 Å². The minimum atomic E-state index is -0.142. The summed E-state index contributed by atoms with van der Waals surface area (Å²) in [5.74, 6) is -0.142. The van der Waals surface area contributed by atoms with Crippen LogP contribution in [0, 0.1) is 20.8 Å². The van der Waals surface area contributed by atoms with E-state index in [0.717, 1.165) is 22.8 Å². The van der Waals surface area contributed by atoms with Crippen molar-refractivity contribution in [3.8, 4) is 0 Å². The van der Waals surface area contributed by atoms with Gasteiger partial charge in [-0.1, -0.05) is 0 Å². The number of nitrogens with two attached hydrogens (primary N) is 1. The number of nitrogens with zero attached hydrogens (tertiary/aromatic N) is 3. The zero-order chi connectivity index (χ0) is 14.0. The van der Waals surface area contributed by atoms with E-state index >= 15 is 0 Å². The van der Waals surface area contributed by atoms with Crippen LogP contribution in [0.5, 0.6) is 0 Å². The highest BCUT2D eigenvalue weighted by molar-refractivity contribution is 5.90. The number of nitrogens with one attached hydrogen (secondary N) is 1. The highest BCUT2D eigenvalue weighted by Crippen LogP contribution is 2.15. The lowest BCUT2D eigenvalue weighted by Gasteiger charge is -2.07. The minimum absolute atomic E-state index is 0.142. The van der Waals surface area contributed by atoms with Crippen molar-refractivity contribution < 1.29 is 4.79 Å². The van der Waals surface area contributed by atoms with Crippen molar-refractivity contribution in [2.75, 3.05) is 11.1 Å². The maximum Gasteiger partial charge on any atom is 0.246 e. The van der Waals surface area contributed by atoms with Gasteiger partial charge in [-0.25, -0.2) is 0 Å². The van der Waals surface area contributed by atoms with E-state index in [-0.39, 0.29) is 12.5 Å². The Labute approximate surface area is 111 Å². The molecule has 6 nitrogen and oxygen atoms in total. The van der Waals surface area contributed by atoms with Crippen molar-refractivity contribution in [1.82, 2.24) is 14.8 Å². The van der Waals surface area contributed by atoms with Crippen molar-refractivity contribution in [3.05, 3.63) is 35.4 Å². The molecule has 0 unspecified atom stereocenters. The molecule has 0 radical (unpaired) electrons. The molecule has 0 aliphatic rings. The number of amides is 1. The van der Waals surface area contributed by atoms with Crippen LogP contribution in [-0.2, 0) is 11.3 Å². The Morgan fingerprint density at radius 1 is 1.42 bits per heavy atom. The maximum atomic E-state index is 11.9. The first-order valence-electron chi connectivity index (χ1n) is 5.99. The molecule has 0 aliphatic heterocycles. The molecule has 2 rings (SSSR count). The van der Waals surface area contributed by atoms with Crippen molar-refractivity contribution in [2.45, 2.75) is 27.3 Å². The second-order valence-corrected chi connectivity index (χ2v) is 4.48. The summed E-state index contributed by atoms with van der Waals surface area (Å²) in [5, 5.41) is 7.03. The number of nitrogen functional groups attached to an aromatic ring is 1. The Bertz CT molecular complexity index is 617. The van der Waals surface area contributed by atoms with Crippen LogP contribution < -0.4 is 11.1 Å². The molecular formula is C13H17N5O. The summed E-state index contributed by atoms with van der Waals surface area (Å²) >= 11 is 0. The normalized spacial score (nSPS) is 10.5. The Hall–Kier alpha value is -2.37. The van der Waals surface area contributed by atoms with Crippen LogP contribution in [0.2, 0.25) is 0 Å². The number of carbonyl (C=O) groups excluding carboxylic acids is 1. The van der Waals surface area contributed by atoms with Gasteiger partial charge in [0.25, 0.3) is 0 Å². The second-order valence-electron chi connectivity index (χ2n) is 4.48. The van der Waals surface area contributed by atoms with E-state index in [0.29, 0.717) is 5.69 Å². The molecule has 6 heteroatoms. The fraction of sp³-hybridized carbons (Fsp3) is 0.308. The summed E-state index contributed by atoms with van der Waals surface area (Å²) in [7, 11) is 0. The van der Waals surface area contributed by atoms with Crippen molar-refractivity contribution in [3.63, 3.8) is 0 Å². The van der Waals surface area contributed by atoms with Gasteiger partial charge in [0, 0.05) is 17.6 Å². The number of aryl methyl sites for hydroxylation is 2. The highest BCUT2D eigenvalue weighted by atomic mass is 16.2. The van der Waals surface area contributed by atoms with Gasteiger partial charge < -0.3 is 11.1 Å². The van der Waals surface area contributed by atoms with Gasteiger partial charge >= 0.3 is 0 Å². The molecule has 0 aliphatic carbocycles. The number of rotatable bonds is 3. The number of aromatic nitrogens is 3. The molecule has 100 valence electrons. The van der Waals surface area contributed by atoms with Crippen LogP contribution in [0.3, 0.4) is 0 Å². The van der Waals surface area contributed by atoms with E-state index in [1.54, 1.807) is 16.9 Å². The molecule has 0 spiro atoms. The summed E-state index contributed by atoms with van der Waals surface area (Å²) in [5.41, 5.74) is 9.59. The molecule has 2 aromatic rings. The van der Waals surface area contributed by atoms with Crippen LogP contribution >= 0.6 is 0 Å². The number of hydrogen-bond donors (Lipinski definition) is 2. The quantitative estimate of drug-likeness (QED) is 0.873. The topological polar surface area (TPSA) is 85.8 Å². The summed E-state index contributed by atoms with van der Waals surface area (Å²) in [6.07, 6.45) is 1.66. The lowest BCUT2D eigenvalue weighted by Crippen LogP contribution is -2.20. The SMILES string of the molecule is Cc1cc(NC(=O)Cn2nc(C)c(N)c2C)ccn1. The standard InChI is InChI=1S/C13H17N5O/c1-8-6-11(4-5-15-8)16-12(19)7-18-10(3)13(14)9(2)17-18/h4-6H,7,14H2,1-3H3,(H,15,16,19). The summed E-state index contributed by atoms with van der Waals surface area (Å²) < 4.78 is 1.61. The zero-order valence-electron chi connectivity index (χ0n) is 11.3. The molecule has 3 N–H and O–H groups in total. The maximum absolute atomic E-state index is 11.9. The Morgan fingerprint density at radius 3 is 2.74 bits per heavy atom. The van der Waals surface area contributed by atoms with E-state index in [2.05, 4.69) is 15.4 Å². The van der Waals surface area contributed by atoms with E-state index in [1.807, 2.05) is 26.8 Å². The average Bonchev–Trinajstić information content (AvgIpc) is 2.57. The number of hydrogen-bond acceptors (Lipinski definition) is 4. The number of anilines is 2. The van der Waals surface area contributed by atoms with Crippen molar-refractivity contribution >= 4 is 17.3 Å². The summed E-state index contributed by atoms with van der Waals surface area (Å²) in [6.45, 7) is 5.69. The minimum Gasteiger partial charge on any atom is -0.396 e. The van der Waals surface area contributed by atoms with Gasteiger partial charge in [-0.05, 0) is 32.9 Å². The van der Waals surface area contributed by atoms with Gasteiger partial charge in [-0.15, -0.1) is 0 Å². The van der Waals surface area contributed by atoms with Crippen LogP contribution in [0.15, 0.2) is 18.3 Å². The predicted molar refractivity (Wildman–Crippen MR) is 73.7 cm³/mol. The monoisotopic (exact) mass is 259 g/mol. The van der Waals surface area contributed by atoms with Crippen LogP contribution in [-0.4, -0.2) is 20.7 Å². The molecule has 0 saturated carbocycles. The zero-order valence-corrected chi connectivity index (χ0v) is 11.3. The lowest BCUT2D eigenvalue weighted by molar-refractivity contribution is -0.116. The van der Waals surface area contributed by atoms with Gasteiger partial charge in [0.1, 0.15) is 6.54 Å². The number of carbonyl (C=O) groups is 1. The van der Waals surface area contributed by atoms with E-state index in [4.69, 9.17) is 5.73 Å². The van der Waals surface area contributed by atoms with E-state index in [9.17, 15) is 4.79 Å². The Kier molecular flexibility index (Phi) is 3.50. The first kappa shape index (κ1) is 13.1. The molecule has 2 aromatic heterocycles. The molecule has 0 atom stereocenters. The van der Waals surface area contributed by atoms with Crippen LogP contribution in [0.1, 0.15) is 17.1 Å². The van der Waals surface area contributed by atoms with Gasteiger partial charge in [0.05, 0.1) is 17.1 Å². The third-order valence-corrected chi connectivity index (χ3v) is 2.91. The Morgan fingerprint density at radius 2 is 2.16 bits per heavy atom. The average molecular weight is 259 g/mol. The largest absolute Gasteiger partial charge is 0.396 e. The molecule has 19 heavy (non-hydrogen) atoms. The molecule has 1 amide bonds. The number of pyridine rings is 1. The van der Waals surface area contributed by atoms with E-state index in [1.165, 1.54) is 0 Å². The predicted octanol–water partition coefficient (Wildman–Crippen LogP) is 1.42. The van der Waals surface area contributed by atoms with Gasteiger partial charge in [0.2, 0.25) is 5.91 Å². The van der Waals surface area contributed by atoms with Gasteiger partial charge in [-0.3, -0.25) is 14.5 Å². The highest BCUT2D eigenvalue weighted by Gasteiger charge is 2.11. The molecular weight excluding hydrogens is 242 g/mol. The Balaban J connectivity index is 2.07. The summed E-state index contributed by atoms with van der Waals surface area (Å²) in [6, 6.07) is 3.56. The second kappa shape index (κ2) is 5.09. The lowest BCUT2D eigenvalue weighted by atomic mass is 10.3. The van der Waals surface area contributed by atoms with Gasteiger partial charge in [0.15, 0.2) is 0 Å². The van der Waals surface area contributed by atoms with Crippen molar-refractivity contribution in [2.24, 2.45) is 0 Å². The third-order valence-electron chi connectivity index (χ3n) is 2.91. The first-order valence-corrected chi connectivity index (χ1v) is 5.99. The molecule has 0 fully saturated rings. The summed E-state index contributed by atoms with van der Waals surface area (Å²) in [4.78, 5) is 16.0. The van der Waals surface area contributed by atoms with E-state index < -0.39 is 0 Å². The molecule has 0 bridgehead atoms.